The van der Waals surface area contributed by atoms with E-state index in [-0.39, 0.29) is 11.3 Å². The Kier molecular flexibility index (Phi) is 11.3. The van der Waals surface area contributed by atoms with Crippen molar-refractivity contribution in [2.75, 3.05) is 85.3 Å². The van der Waals surface area contributed by atoms with Gasteiger partial charge in [0.1, 0.15) is 0 Å². The molecule has 0 aliphatic carbocycles. The van der Waals surface area contributed by atoms with Crippen LogP contribution in [0.4, 0.5) is 5.95 Å². The molecule has 3 heterocycles. The van der Waals surface area contributed by atoms with Crippen LogP contribution in [0.3, 0.4) is 0 Å². The van der Waals surface area contributed by atoms with Gasteiger partial charge in [0.2, 0.25) is 11.7 Å². The van der Waals surface area contributed by atoms with E-state index in [0.29, 0.717) is 49.1 Å². The zero-order chi connectivity index (χ0) is 34.2. The highest BCUT2D eigenvalue weighted by Crippen LogP contribution is 2.41. The van der Waals surface area contributed by atoms with Gasteiger partial charge in [-0.2, -0.15) is 0 Å². The molecule has 0 N–H and O–H groups in total. The number of likely N-dealkylation sites (tertiary alicyclic amines) is 1. The largest absolute Gasteiger partial charge is 0.493 e. The van der Waals surface area contributed by atoms with Crippen LogP contribution in [-0.4, -0.2) is 106 Å². The molecular formula is C39H51N5O5. The van der Waals surface area contributed by atoms with Crippen LogP contribution in [0, 0.1) is 5.41 Å². The fraction of sp³-hybridized carbons (Fsp3) is 0.487. The number of carbonyl (C=O) groups is 1. The molecule has 10 nitrogen and oxygen atoms in total. The summed E-state index contributed by atoms with van der Waals surface area (Å²) in [6, 6.07) is 22.6. The molecule has 1 atom stereocenters. The van der Waals surface area contributed by atoms with Gasteiger partial charge in [0.15, 0.2) is 11.5 Å². The zero-order valence-electron chi connectivity index (χ0n) is 29.5. The topological polar surface area (TPSA) is 81.5 Å². The van der Waals surface area contributed by atoms with Gasteiger partial charge < -0.3 is 38.2 Å². The number of amides is 1. The zero-order valence-corrected chi connectivity index (χ0v) is 29.5. The molecule has 0 bridgehead atoms. The quantitative estimate of drug-likeness (QED) is 0.157. The Labute approximate surface area is 290 Å². The minimum Gasteiger partial charge on any atom is -0.493 e. The van der Waals surface area contributed by atoms with Crippen molar-refractivity contribution in [3.8, 4) is 17.2 Å². The number of aromatic nitrogens is 2. The Balaban J connectivity index is 1.16. The Hall–Kier alpha value is -4.28. The molecule has 3 aromatic carbocycles. The van der Waals surface area contributed by atoms with E-state index in [1.807, 2.05) is 11.8 Å². The van der Waals surface area contributed by atoms with E-state index in [9.17, 15) is 4.79 Å². The molecule has 0 radical (unpaired) electrons. The Morgan fingerprint density at radius 1 is 0.857 bits per heavy atom. The first-order valence-electron chi connectivity index (χ1n) is 17.6. The number of nitrogens with zero attached hydrogens (tertiary/aromatic N) is 5. The molecule has 1 aromatic heterocycles. The van der Waals surface area contributed by atoms with Crippen LogP contribution in [-0.2, 0) is 17.7 Å². The minimum absolute atomic E-state index is 0.00757. The van der Waals surface area contributed by atoms with Gasteiger partial charge in [0.05, 0.1) is 39.0 Å². The van der Waals surface area contributed by atoms with Crippen molar-refractivity contribution in [1.82, 2.24) is 19.4 Å². The third-order valence-corrected chi connectivity index (χ3v) is 10.2. The van der Waals surface area contributed by atoms with Gasteiger partial charge >= 0.3 is 0 Å². The highest BCUT2D eigenvalue weighted by molar-refractivity contribution is 5.96. The van der Waals surface area contributed by atoms with Crippen molar-refractivity contribution in [1.29, 1.82) is 0 Å². The Morgan fingerprint density at radius 3 is 2.35 bits per heavy atom. The van der Waals surface area contributed by atoms with E-state index in [1.54, 1.807) is 33.5 Å². The van der Waals surface area contributed by atoms with Crippen molar-refractivity contribution in [3.63, 3.8) is 0 Å². The first kappa shape index (κ1) is 34.6. The summed E-state index contributed by atoms with van der Waals surface area (Å²) in [6.45, 7) is 10.6. The lowest BCUT2D eigenvalue weighted by atomic mass is 9.77. The summed E-state index contributed by atoms with van der Waals surface area (Å²) in [5.74, 6) is 2.49. The van der Waals surface area contributed by atoms with Crippen LogP contribution in [0.1, 0.15) is 42.1 Å². The summed E-state index contributed by atoms with van der Waals surface area (Å²) >= 11 is 0. The average Bonchev–Trinajstić information content (AvgIpc) is 3.63. The second-order valence-electron chi connectivity index (χ2n) is 13.2. The van der Waals surface area contributed by atoms with Crippen molar-refractivity contribution in [3.05, 3.63) is 77.9 Å². The summed E-state index contributed by atoms with van der Waals surface area (Å²) in [5, 5.41) is 0. The fourth-order valence-corrected chi connectivity index (χ4v) is 7.58. The lowest BCUT2D eigenvalue weighted by Gasteiger charge is -2.32. The lowest BCUT2D eigenvalue weighted by Crippen LogP contribution is -2.38. The van der Waals surface area contributed by atoms with Gasteiger partial charge in [-0.15, -0.1) is 0 Å². The monoisotopic (exact) mass is 669 g/mol. The molecule has 0 saturated carbocycles. The molecule has 2 aliphatic heterocycles. The van der Waals surface area contributed by atoms with Gasteiger partial charge in [-0.3, -0.25) is 4.79 Å². The third kappa shape index (κ3) is 7.81. The van der Waals surface area contributed by atoms with Gasteiger partial charge in [-0.25, -0.2) is 4.98 Å². The molecule has 262 valence electrons. The Bertz CT molecular complexity index is 1670. The Morgan fingerprint density at radius 2 is 1.61 bits per heavy atom. The van der Waals surface area contributed by atoms with Crippen LogP contribution < -0.4 is 19.1 Å². The predicted octanol–water partition coefficient (Wildman–Crippen LogP) is 5.78. The van der Waals surface area contributed by atoms with Crippen molar-refractivity contribution < 1.29 is 23.7 Å². The first-order chi connectivity index (χ1) is 24.0. The summed E-state index contributed by atoms with van der Waals surface area (Å²) in [4.78, 5) is 26.1. The normalized spacial score (nSPS) is 18.5. The van der Waals surface area contributed by atoms with Gasteiger partial charge in [-0.1, -0.05) is 42.5 Å². The van der Waals surface area contributed by atoms with E-state index in [1.165, 1.54) is 5.56 Å². The van der Waals surface area contributed by atoms with E-state index in [4.69, 9.17) is 23.9 Å². The van der Waals surface area contributed by atoms with Gasteiger partial charge in [0.25, 0.3) is 5.91 Å². The summed E-state index contributed by atoms with van der Waals surface area (Å²) in [5.41, 5.74) is 4.04. The number of hydrogen-bond acceptors (Lipinski definition) is 8. The summed E-state index contributed by atoms with van der Waals surface area (Å²) < 4.78 is 24.7. The number of fused-ring (bicyclic) bond motifs is 1. The van der Waals surface area contributed by atoms with Crippen LogP contribution in [0.2, 0.25) is 0 Å². The molecule has 4 aromatic rings. The fourth-order valence-electron chi connectivity index (χ4n) is 7.58. The number of benzene rings is 3. The maximum atomic E-state index is 14.0. The van der Waals surface area contributed by atoms with Gasteiger partial charge in [-0.05, 0) is 80.9 Å². The number of ether oxygens (including phenoxy) is 4. The average molecular weight is 670 g/mol. The molecule has 49 heavy (non-hydrogen) atoms. The van der Waals surface area contributed by atoms with E-state index >= 15 is 0 Å². The summed E-state index contributed by atoms with van der Waals surface area (Å²) in [7, 11) is 4.73. The number of methoxy groups -OCH3 is 3. The van der Waals surface area contributed by atoms with Crippen molar-refractivity contribution >= 4 is 22.9 Å². The van der Waals surface area contributed by atoms with Crippen LogP contribution in [0.5, 0.6) is 17.2 Å². The van der Waals surface area contributed by atoms with Gasteiger partial charge in [0, 0.05) is 51.4 Å². The lowest BCUT2D eigenvalue weighted by molar-refractivity contribution is 0.0764. The van der Waals surface area contributed by atoms with Crippen molar-refractivity contribution in [2.24, 2.45) is 5.41 Å². The molecule has 6 rings (SSSR count). The maximum Gasteiger partial charge on any atom is 0.254 e. The third-order valence-electron chi connectivity index (χ3n) is 10.2. The highest BCUT2D eigenvalue weighted by Gasteiger charge is 2.40. The molecule has 2 aliphatic rings. The first-order valence-corrected chi connectivity index (χ1v) is 17.6. The number of carbonyl (C=O) groups excluding carboxylic acids is 1. The molecule has 0 spiro atoms. The predicted molar refractivity (Wildman–Crippen MR) is 193 cm³/mol. The molecule has 1 amide bonds. The minimum atomic E-state index is -0.0170. The number of hydrogen-bond donors (Lipinski definition) is 0. The van der Waals surface area contributed by atoms with E-state index in [0.717, 1.165) is 81.9 Å². The number of imidazole rings is 1. The SMILES string of the molecule is CCOCCn1c(N2CCCN(CCC3(Cc4ccccc4)CCN(C(=O)c4cc(OC)c(OC)c(OC)c4)C3)CC2)nc2ccccc21. The highest BCUT2D eigenvalue weighted by atomic mass is 16.5. The molecule has 1 unspecified atom stereocenters. The molecule has 2 fully saturated rings. The second-order valence-corrected chi connectivity index (χ2v) is 13.2. The standard InChI is InChI=1S/C39H51N5O5/c1-5-49-25-24-44-33-15-10-9-14-32(33)40-38(44)42-19-11-18-41(22-23-42)20-16-39(28-30-12-7-6-8-13-30)17-21-43(29-39)37(45)31-26-34(46-2)36(48-4)35(27-31)47-3/h6-10,12-15,26-27H,5,11,16-25,28-29H2,1-4H3. The van der Waals surface area contributed by atoms with Crippen LogP contribution in [0.25, 0.3) is 11.0 Å². The number of anilines is 1. The van der Waals surface area contributed by atoms with Crippen LogP contribution in [0.15, 0.2) is 66.7 Å². The number of para-hydroxylation sites is 2. The maximum absolute atomic E-state index is 14.0. The summed E-state index contributed by atoms with van der Waals surface area (Å²) in [6.07, 6.45) is 4.00. The van der Waals surface area contributed by atoms with Crippen LogP contribution >= 0.6 is 0 Å². The molecule has 10 heteroatoms. The van der Waals surface area contributed by atoms with E-state index in [2.05, 4.69) is 69.0 Å². The number of rotatable bonds is 14. The molecule has 2 saturated heterocycles. The molecular weight excluding hydrogens is 618 g/mol. The second kappa shape index (κ2) is 16.0. The van der Waals surface area contributed by atoms with E-state index < -0.39 is 0 Å². The smallest absolute Gasteiger partial charge is 0.254 e. The van der Waals surface area contributed by atoms with Crippen molar-refractivity contribution in [2.45, 2.75) is 39.2 Å².